The summed E-state index contributed by atoms with van der Waals surface area (Å²) < 4.78 is 16.5. The molecule has 0 atom stereocenters. The van der Waals surface area contributed by atoms with Crippen LogP contribution in [0.5, 0.6) is 5.75 Å². The summed E-state index contributed by atoms with van der Waals surface area (Å²) in [5, 5.41) is 0. The molecule has 0 aliphatic heterocycles. The van der Waals surface area contributed by atoms with Crippen LogP contribution in [-0.2, 0) is 14.3 Å². The first kappa shape index (κ1) is 22.7. The van der Waals surface area contributed by atoms with Gasteiger partial charge in [-0.15, -0.1) is 0 Å². The first-order valence-corrected chi connectivity index (χ1v) is 10.1. The molecule has 1 heterocycles. The number of aromatic amines is 1. The summed E-state index contributed by atoms with van der Waals surface area (Å²) in [6.07, 6.45) is 0.602. The van der Waals surface area contributed by atoms with Crippen LogP contribution in [0.3, 0.4) is 0 Å². The first-order chi connectivity index (χ1) is 13.8. The molecule has 0 saturated carbocycles. The van der Waals surface area contributed by atoms with Crippen LogP contribution >= 0.6 is 15.9 Å². The van der Waals surface area contributed by atoms with Crippen molar-refractivity contribution < 1.29 is 28.6 Å². The second kappa shape index (κ2) is 10.8. The molecule has 2 rings (SSSR count). The van der Waals surface area contributed by atoms with Crippen molar-refractivity contribution in [3.8, 4) is 5.75 Å². The highest BCUT2D eigenvalue weighted by molar-refractivity contribution is 9.10. The van der Waals surface area contributed by atoms with Gasteiger partial charge in [0, 0.05) is 16.6 Å². The average molecular weight is 466 g/mol. The van der Waals surface area contributed by atoms with Crippen molar-refractivity contribution in [1.29, 1.82) is 0 Å². The van der Waals surface area contributed by atoms with Gasteiger partial charge < -0.3 is 19.2 Å². The number of ketones is 1. The molecule has 156 valence electrons. The smallest absolute Gasteiger partial charge is 0.340 e. The van der Waals surface area contributed by atoms with Crippen LogP contribution in [0.25, 0.3) is 0 Å². The number of hydrogen-bond donors (Lipinski definition) is 1. The molecule has 0 spiro atoms. The number of aryl methyl sites for hydroxylation is 1. The van der Waals surface area contributed by atoms with Crippen molar-refractivity contribution in [3.05, 3.63) is 51.3 Å². The minimum Gasteiger partial charge on any atom is -0.494 e. The van der Waals surface area contributed by atoms with Gasteiger partial charge in [-0.05, 0) is 51.0 Å². The summed E-state index contributed by atoms with van der Waals surface area (Å²) in [6, 6.07) is 7.41. The van der Waals surface area contributed by atoms with Crippen molar-refractivity contribution in [3.63, 3.8) is 0 Å². The Balaban J connectivity index is 1.79. The third kappa shape index (κ3) is 6.45. The van der Waals surface area contributed by atoms with E-state index in [2.05, 4.69) is 20.9 Å². The first-order valence-electron chi connectivity index (χ1n) is 9.27. The Morgan fingerprint density at radius 2 is 1.90 bits per heavy atom. The molecule has 8 heteroatoms. The van der Waals surface area contributed by atoms with Crippen LogP contribution in [0.15, 0.2) is 28.7 Å². The maximum atomic E-state index is 12.4. The zero-order valence-electron chi connectivity index (χ0n) is 16.7. The minimum absolute atomic E-state index is 0.137. The molecule has 7 nitrogen and oxygen atoms in total. The summed E-state index contributed by atoms with van der Waals surface area (Å²) in [5.74, 6) is -0.666. The lowest BCUT2D eigenvalue weighted by atomic mass is 10.1. The molecule has 1 N–H and O–H groups in total. The number of benzene rings is 1. The van der Waals surface area contributed by atoms with Gasteiger partial charge in [0.05, 0.1) is 24.5 Å². The van der Waals surface area contributed by atoms with Crippen molar-refractivity contribution in [2.45, 2.75) is 33.6 Å². The largest absolute Gasteiger partial charge is 0.494 e. The Morgan fingerprint density at radius 3 is 2.59 bits per heavy atom. The van der Waals surface area contributed by atoms with Crippen molar-refractivity contribution in [2.75, 3.05) is 19.8 Å². The average Bonchev–Trinajstić information content (AvgIpc) is 2.98. The summed E-state index contributed by atoms with van der Waals surface area (Å²) in [4.78, 5) is 39.1. The van der Waals surface area contributed by atoms with E-state index >= 15 is 0 Å². The number of aromatic nitrogens is 1. The molecule has 29 heavy (non-hydrogen) atoms. The fraction of sp³-hybridized carbons (Fsp3) is 0.381. The fourth-order valence-electron chi connectivity index (χ4n) is 2.79. The van der Waals surface area contributed by atoms with Gasteiger partial charge in [-0.25, -0.2) is 4.79 Å². The summed E-state index contributed by atoms with van der Waals surface area (Å²) in [6.45, 7) is 5.27. The van der Waals surface area contributed by atoms with E-state index in [1.54, 1.807) is 20.8 Å². The second-order valence-electron chi connectivity index (χ2n) is 6.34. The van der Waals surface area contributed by atoms with Gasteiger partial charge in [0.15, 0.2) is 6.61 Å². The van der Waals surface area contributed by atoms with Crippen molar-refractivity contribution in [1.82, 2.24) is 4.98 Å². The van der Waals surface area contributed by atoms with E-state index in [0.29, 0.717) is 35.6 Å². The number of halogens is 1. The van der Waals surface area contributed by atoms with E-state index in [4.69, 9.17) is 14.2 Å². The van der Waals surface area contributed by atoms with Crippen molar-refractivity contribution in [2.24, 2.45) is 0 Å². The fourth-order valence-corrected chi connectivity index (χ4v) is 3.17. The number of Topliss-reactive ketones (excluding diaryl/α,β-unsaturated/α-hetero) is 1. The predicted octanol–water partition coefficient (Wildman–Crippen LogP) is 4.16. The molecule has 0 unspecified atom stereocenters. The standard InChI is InChI=1S/C21H24BrNO6/c1-4-27-21(26)19-13(2)20(23-14(19)3)17(24)12-29-18(25)9-6-10-28-16-8-5-7-15(22)11-16/h5,7-8,11,23H,4,6,9-10,12H2,1-3H3. The number of nitrogens with one attached hydrogen (secondary N) is 1. The van der Waals surface area contributed by atoms with Crippen LogP contribution < -0.4 is 4.74 Å². The highest BCUT2D eigenvalue weighted by Crippen LogP contribution is 2.20. The molecule has 0 bridgehead atoms. The maximum absolute atomic E-state index is 12.4. The Labute approximate surface area is 177 Å². The maximum Gasteiger partial charge on any atom is 0.340 e. The molecule has 1 aromatic heterocycles. The van der Waals surface area contributed by atoms with E-state index in [1.807, 2.05) is 24.3 Å². The third-order valence-electron chi connectivity index (χ3n) is 4.15. The predicted molar refractivity (Wildman–Crippen MR) is 110 cm³/mol. The van der Waals surface area contributed by atoms with Crippen LogP contribution in [0.2, 0.25) is 0 Å². The number of carbonyl (C=O) groups excluding carboxylic acids is 3. The monoisotopic (exact) mass is 465 g/mol. The van der Waals surface area contributed by atoms with Gasteiger partial charge in [0.25, 0.3) is 0 Å². The Bertz CT molecular complexity index is 889. The van der Waals surface area contributed by atoms with Crippen LogP contribution in [0.1, 0.15) is 51.9 Å². The van der Waals surface area contributed by atoms with Gasteiger partial charge >= 0.3 is 11.9 Å². The molecular weight excluding hydrogens is 442 g/mol. The molecule has 0 amide bonds. The van der Waals surface area contributed by atoms with E-state index < -0.39 is 24.3 Å². The molecule has 0 fully saturated rings. The topological polar surface area (TPSA) is 94.7 Å². The number of esters is 2. The Morgan fingerprint density at radius 1 is 1.14 bits per heavy atom. The quantitative estimate of drug-likeness (QED) is 0.321. The SMILES string of the molecule is CCOC(=O)c1c(C)[nH]c(C(=O)COC(=O)CCCOc2cccc(Br)c2)c1C. The molecule has 2 aromatic rings. The normalized spacial score (nSPS) is 10.5. The summed E-state index contributed by atoms with van der Waals surface area (Å²) in [7, 11) is 0. The van der Waals surface area contributed by atoms with E-state index in [-0.39, 0.29) is 18.7 Å². The zero-order chi connectivity index (χ0) is 21.4. The number of carbonyl (C=O) groups is 3. The second-order valence-corrected chi connectivity index (χ2v) is 7.25. The van der Waals surface area contributed by atoms with E-state index in [1.165, 1.54) is 0 Å². The van der Waals surface area contributed by atoms with Gasteiger partial charge in [0.1, 0.15) is 5.75 Å². The number of rotatable bonds is 10. The minimum atomic E-state index is -0.486. The number of hydrogen-bond acceptors (Lipinski definition) is 6. The van der Waals surface area contributed by atoms with Crippen molar-refractivity contribution >= 4 is 33.7 Å². The lowest BCUT2D eigenvalue weighted by molar-refractivity contribution is -0.142. The van der Waals surface area contributed by atoms with Gasteiger partial charge in [-0.3, -0.25) is 9.59 Å². The van der Waals surface area contributed by atoms with Gasteiger partial charge in [0.2, 0.25) is 5.78 Å². The van der Waals surface area contributed by atoms with Crippen LogP contribution in [0.4, 0.5) is 0 Å². The van der Waals surface area contributed by atoms with Crippen LogP contribution in [0, 0.1) is 13.8 Å². The summed E-state index contributed by atoms with van der Waals surface area (Å²) >= 11 is 3.36. The van der Waals surface area contributed by atoms with Gasteiger partial charge in [-0.2, -0.15) is 0 Å². The third-order valence-corrected chi connectivity index (χ3v) is 4.64. The van der Waals surface area contributed by atoms with E-state index in [0.717, 1.165) is 4.47 Å². The number of ether oxygens (including phenoxy) is 3. The Hall–Kier alpha value is -2.61. The molecule has 0 aliphatic carbocycles. The Kier molecular flexibility index (Phi) is 8.45. The highest BCUT2D eigenvalue weighted by atomic mass is 79.9. The number of H-pyrrole nitrogens is 1. The molecule has 0 radical (unpaired) electrons. The molecule has 0 saturated heterocycles. The molecule has 1 aromatic carbocycles. The highest BCUT2D eigenvalue weighted by Gasteiger charge is 2.23. The molecule has 0 aliphatic rings. The van der Waals surface area contributed by atoms with E-state index in [9.17, 15) is 14.4 Å². The summed E-state index contributed by atoms with van der Waals surface area (Å²) in [5.41, 5.74) is 1.62. The lowest BCUT2D eigenvalue weighted by Crippen LogP contribution is -2.16. The molecular formula is C21H24BrNO6. The zero-order valence-corrected chi connectivity index (χ0v) is 18.3. The van der Waals surface area contributed by atoms with Gasteiger partial charge in [-0.1, -0.05) is 22.0 Å². The van der Waals surface area contributed by atoms with Crippen LogP contribution in [-0.4, -0.2) is 42.5 Å². The lowest BCUT2D eigenvalue weighted by Gasteiger charge is -2.07.